The highest BCUT2D eigenvalue weighted by Crippen LogP contribution is 2.36. The number of nitrogens with one attached hydrogen (secondary N) is 1. The number of phenols is 1. The molecular weight excluding hydrogens is 344 g/mol. The number of benzene rings is 2. The number of urea groups is 1. The van der Waals surface area contributed by atoms with Crippen LogP contribution in [0.15, 0.2) is 36.4 Å². The number of primary amides is 1. The van der Waals surface area contributed by atoms with Crippen LogP contribution in [-0.2, 0) is 0 Å². The number of ether oxygens (including phenoxy) is 1. The van der Waals surface area contributed by atoms with E-state index in [-0.39, 0.29) is 11.8 Å². The fourth-order valence-electron chi connectivity index (χ4n) is 3.82. The topological polar surface area (TPSA) is 104 Å². The van der Waals surface area contributed by atoms with Crippen molar-refractivity contribution in [3.05, 3.63) is 42.0 Å². The molecule has 1 aliphatic rings. The Morgan fingerprint density at radius 3 is 2.93 bits per heavy atom. The molecule has 2 amide bonds. The van der Waals surface area contributed by atoms with Crippen molar-refractivity contribution in [3.8, 4) is 22.9 Å². The molecular formula is C20H22N4O3. The first-order chi connectivity index (χ1) is 13.1. The van der Waals surface area contributed by atoms with E-state index in [1.807, 2.05) is 24.3 Å². The molecule has 1 unspecified atom stereocenters. The number of imidazole rings is 1. The number of phenolic OH excluding ortho intramolecular Hbond substituents is 1. The van der Waals surface area contributed by atoms with Gasteiger partial charge in [-0.1, -0.05) is 12.1 Å². The predicted molar refractivity (Wildman–Crippen MR) is 103 cm³/mol. The molecule has 1 atom stereocenters. The number of carbonyl (C=O) groups excluding carboxylic acids is 1. The number of rotatable bonds is 3. The van der Waals surface area contributed by atoms with Gasteiger partial charge in [-0.25, -0.2) is 9.78 Å². The zero-order chi connectivity index (χ0) is 19.0. The molecule has 1 saturated heterocycles. The van der Waals surface area contributed by atoms with Crippen LogP contribution in [0.5, 0.6) is 11.5 Å². The molecule has 0 saturated carbocycles. The van der Waals surface area contributed by atoms with Crippen LogP contribution in [-0.4, -0.2) is 39.7 Å². The van der Waals surface area contributed by atoms with E-state index in [2.05, 4.69) is 4.98 Å². The van der Waals surface area contributed by atoms with Crippen LogP contribution in [0, 0.1) is 0 Å². The average molecular weight is 366 g/mol. The number of piperidine rings is 1. The van der Waals surface area contributed by atoms with E-state index in [1.54, 1.807) is 17.0 Å². The summed E-state index contributed by atoms with van der Waals surface area (Å²) >= 11 is 0. The molecule has 0 aliphatic carbocycles. The number of aromatic hydroxyl groups is 1. The van der Waals surface area contributed by atoms with Crippen LogP contribution >= 0.6 is 0 Å². The Morgan fingerprint density at radius 2 is 2.19 bits per heavy atom. The first-order valence-electron chi connectivity index (χ1n) is 9.00. The first-order valence-corrected chi connectivity index (χ1v) is 9.00. The Labute approximate surface area is 156 Å². The predicted octanol–water partition coefficient (Wildman–Crippen LogP) is 3.55. The molecule has 0 bridgehead atoms. The third-order valence-corrected chi connectivity index (χ3v) is 5.14. The summed E-state index contributed by atoms with van der Waals surface area (Å²) in [5.41, 5.74) is 9.05. The number of hydrogen-bond donors (Lipinski definition) is 3. The number of methoxy groups -OCH3 is 1. The van der Waals surface area contributed by atoms with E-state index in [0.29, 0.717) is 18.1 Å². The van der Waals surface area contributed by atoms with Gasteiger partial charge in [0.15, 0.2) is 11.5 Å². The van der Waals surface area contributed by atoms with Gasteiger partial charge in [-0.15, -0.1) is 0 Å². The number of carbonyl (C=O) groups is 1. The van der Waals surface area contributed by atoms with Crippen molar-refractivity contribution in [1.82, 2.24) is 14.9 Å². The minimum Gasteiger partial charge on any atom is -0.504 e. The molecule has 0 radical (unpaired) electrons. The number of hydrogen-bond acceptors (Lipinski definition) is 4. The molecule has 0 spiro atoms. The van der Waals surface area contributed by atoms with Crippen molar-refractivity contribution >= 4 is 17.1 Å². The number of nitrogens with two attached hydrogens (primary N) is 1. The molecule has 2 aromatic carbocycles. The summed E-state index contributed by atoms with van der Waals surface area (Å²) in [7, 11) is 1.51. The van der Waals surface area contributed by atoms with Gasteiger partial charge >= 0.3 is 6.03 Å². The van der Waals surface area contributed by atoms with E-state index in [1.165, 1.54) is 7.11 Å². The molecule has 1 aliphatic heterocycles. The lowest BCUT2D eigenvalue weighted by molar-refractivity contribution is 0.160. The maximum atomic E-state index is 11.9. The van der Waals surface area contributed by atoms with Crippen LogP contribution in [0.1, 0.15) is 30.9 Å². The number of aromatic nitrogens is 2. The van der Waals surface area contributed by atoms with Gasteiger partial charge in [-0.2, -0.15) is 0 Å². The van der Waals surface area contributed by atoms with Gasteiger partial charge in [0.2, 0.25) is 0 Å². The number of fused-ring (bicyclic) bond motifs is 1. The van der Waals surface area contributed by atoms with Crippen molar-refractivity contribution in [1.29, 1.82) is 0 Å². The smallest absolute Gasteiger partial charge is 0.315 e. The Bertz CT molecular complexity index is 998. The summed E-state index contributed by atoms with van der Waals surface area (Å²) in [6.45, 7) is 0.667. The molecule has 2 heterocycles. The molecule has 140 valence electrons. The van der Waals surface area contributed by atoms with Crippen LogP contribution < -0.4 is 10.5 Å². The molecule has 7 heteroatoms. The number of para-hydroxylation sites is 1. The zero-order valence-electron chi connectivity index (χ0n) is 15.1. The lowest BCUT2D eigenvalue weighted by atomic mass is 9.94. The third-order valence-electron chi connectivity index (χ3n) is 5.14. The lowest BCUT2D eigenvalue weighted by Crippen LogP contribution is -2.41. The Kier molecular flexibility index (Phi) is 4.35. The van der Waals surface area contributed by atoms with Gasteiger partial charge in [0.05, 0.1) is 24.2 Å². The summed E-state index contributed by atoms with van der Waals surface area (Å²) in [6.07, 6.45) is 2.88. The quantitative estimate of drug-likeness (QED) is 0.659. The van der Waals surface area contributed by atoms with Gasteiger partial charge in [-0.05, 0) is 43.5 Å². The van der Waals surface area contributed by atoms with Gasteiger partial charge in [0.1, 0.15) is 5.82 Å². The summed E-state index contributed by atoms with van der Waals surface area (Å²) in [5.74, 6) is 1.12. The second-order valence-corrected chi connectivity index (χ2v) is 6.76. The van der Waals surface area contributed by atoms with Crippen molar-refractivity contribution in [2.75, 3.05) is 13.7 Å². The van der Waals surface area contributed by atoms with E-state index in [0.717, 1.165) is 41.4 Å². The highest BCUT2D eigenvalue weighted by molar-refractivity contribution is 5.84. The summed E-state index contributed by atoms with van der Waals surface area (Å²) < 4.78 is 5.10. The highest BCUT2D eigenvalue weighted by atomic mass is 16.5. The zero-order valence-corrected chi connectivity index (χ0v) is 15.1. The number of likely N-dealkylation sites (tertiary alicyclic amines) is 1. The van der Waals surface area contributed by atoms with E-state index < -0.39 is 6.03 Å². The Balaban J connectivity index is 1.78. The van der Waals surface area contributed by atoms with Crippen molar-refractivity contribution < 1.29 is 14.6 Å². The third kappa shape index (κ3) is 3.05. The summed E-state index contributed by atoms with van der Waals surface area (Å²) in [4.78, 5) is 21.7. The number of nitrogens with zero attached hydrogens (tertiary/aromatic N) is 2. The van der Waals surface area contributed by atoms with Crippen LogP contribution in [0.2, 0.25) is 0 Å². The number of amides is 2. The lowest BCUT2D eigenvalue weighted by Gasteiger charge is -2.34. The Morgan fingerprint density at radius 1 is 1.33 bits per heavy atom. The van der Waals surface area contributed by atoms with Crippen LogP contribution in [0.4, 0.5) is 4.79 Å². The molecule has 1 aromatic heterocycles. The van der Waals surface area contributed by atoms with Gasteiger partial charge < -0.3 is 25.5 Å². The molecule has 7 nitrogen and oxygen atoms in total. The van der Waals surface area contributed by atoms with E-state index in [9.17, 15) is 9.90 Å². The fourth-order valence-corrected chi connectivity index (χ4v) is 3.82. The van der Waals surface area contributed by atoms with E-state index in [4.69, 9.17) is 15.5 Å². The SMILES string of the molecule is COc1ccc(-c2nc3c(C4CCCCN4C(N)=O)cccc3[nH]2)cc1O. The van der Waals surface area contributed by atoms with Gasteiger partial charge in [-0.3, -0.25) is 0 Å². The molecule has 4 rings (SSSR count). The van der Waals surface area contributed by atoms with Crippen LogP contribution in [0.3, 0.4) is 0 Å². The fraction of sp³-hybridized carbons (Fsp3) is 0.300. The monoisotopic (exact) mass is 366 g/mol. The maximum Gasteiger partial charge on any atom is 0.315 e. The second-order valence-electron chi connectivity index (χ2n) is 6.76. The van der Waals surface area contributed by atoms with Crippen molar-refractivity contribution in [2.24, 2.45) is 5.73 Å². The molecule has 1 fully saturated rings. The largest absolute Gasteiger partial charge is 0.504 e. The highest BCUT2D eigenvalue weighted by Gasteiger charge is 2.28. The molecule has 27 heavy (non-hydrogen) atoms. The standard InChI is InChI=1S/C20H22N4O3/c1-27-17-9-8-12(11-16(17)25)19-22-14-6-4-5-13(18(14)23-19)15-7-2-3-10-24(15)20(21)26/h4-6,8-9,11,15,25H,2-3,7,10H2,1H3,(H2,21,26)(H,22,23). The minimum absolute atomic E-state index is 0.0582. The normalized spacial score (nSPS) is 17.2. The average Bonchev–Trinajstić information content (AvgIpc) is 3.12. The summed E-state index contributed by atoms with van der Waals surface area (Å²) in [5, 5.41) is 10.1. The van der Waals surface area contributed by atoms with Gasteiger partial charge in [0.25, 0.3) is 0 Å². The second kappa shape index (κ2) is 6.83. The number of H-pyrrole nitrogens is 1. The molecule has 3 aromatic rings. The minimum atomic E-state index is -0.396. The Hall–Kier alpha value is -3.22. The number of aromatic amines is 1. The molecule has 4 N–H and O–H groups in total. The van der Waals surface area contributed by atoms with Crippen molar-refractivity contribution in [3.63, 3.8) is 0 Å². The van der Waals surface area contributed by atoms with Gasteiger partial charge in [0, 0.05) is 17.7 Å². The maximum absolute atomic E-state index is 11.9. The van der Waals surface area contributed by atoms with Crippen LogP contribution in [0.25, 0.3) is 22.4 Å². The van der Waals surface area contributed by atoms with E-state index >= 15 is 0 Å². The van der Waals surface area contributed by atoms with Crippen molar-refractivity contribution in [2.45, 2.75) is 25.3 Å². The summed E-state index contributed by atoms with van der Waals surface area (Å²) in [6, 6.07) is 10.6. The first kappa shape index (κ1) is 17.2.